The van der Waals surface area contributed by atoms with Crippen LogP contribution in [0.15, 0.2) is 60.7 Å². The predicted octanol–water partition coefficient (Wildman–Crippen LogP) is 3.92. The Morgan fingerprint density at radius 1 is 0.920 bits per heavy atom. The number of benzene rings is 3. The van der Waals surface area contributed by atoms with E-state index in [-0.39, 0.29) is 5.91 Å². The molecule has 0 aliphatic carbocycles. The number of fused-ring (bicyclic) bond motifs is 1. The number of methoxy groups -OCH3 is 2. The second kappa shape index (κ2) is 7.81. The van der Waals surface area contributed by atoms with Crippen LogP contribution in [-0.2, 0) is 17.9 Å². The van der Waals surface area contributed by atoms with Crippen molar-refractivity contribution in [3.63, 3.8) is 0 Å². The van der Waals surface area contributed by atoms with E-state index in [1.54, 1.807) is 20.3 Å². The van der Waals surface area contributed by atoms with Gasteiger partial charge in [-0.2, -0.15) is 0 Å². The Hall–Kier alpha value is -2.85. The maximum absolute atomic E-state index is 12.4. The van der Waals surface area contributed by atoms with Crippen molar-refractivity contribution in [2.24, 2.45) is 0 Å². The van der Waals surface area contributed by atoms with Gasteiger partial charge in [-0.15, -0.1) is 0 Å². The van der Waals surface area contributed by atoms with Crippen molar-refractivity contribution >= 4 is 16.7 Å². The maximum Gasteiger partial charge on any atom is 0.251 e. The van der Waals surface area contributed by atoms with E-state index < -0.39 is 0 Å². The molecule has 0 saturated carbocycles. The second-order valence-corrected chi connectivity index (χ2v) is 5.86. The van der Waals surface area contributed by atoms with Crippen LogP contribution in [0.3, 0.4) is 0 Å². The molecule has 0 fully saturated rings. The van der Waals surface area contributed by atoms with Gasteiger partial charge in [-0.05, 0) is 52.2 Å². The maximum atomic E-state index is 12.4. The van der Waals surface area contributed by atoms with Gasteiger partial charge in [0.2, 0.25) is 0 Å². The number of ether oxygens (including phenoxy) is 2. The van der Waals surface area contributed by atoms with Crippen molar-refractivity contribution in [1.82, 2.24) is 5.32 Å². The van der Waals surface area contributed by atoms with Gasteiger partial charge in [0, 0.05) is 19.2 Å². The lowest BCUT2D eigenvalue weighted by molar-refractivity contribution is 0.0950. The molecule has 3 rings (SSSR count). The molecule has 0 aromatic heterocycles. The monoisotopic (exact) mass is 335 g/mol. The van der Waals surface area contributed by atoms with E-state index >= 15 is 0 Å². The van der Waals surface area contributed by atoms with Crippen molar-refractivity contribution in [3.05, 3.63) is 77.4 Å². The summed E-state index contributed by atoms with van der Waals surface area (Å²) in [4.78, 5) is 12.4. The SMILES string of the molecule is COCc1cccc(C(=O)NCc2ccc3cc(OC)ccc3c2)c1. The topological polar surface area (TPSA) is 47.6 Å². The number of hydrogen-bond acceptors (Lipinski definition) is 3. The summed E-state index contributed by atoms with van der Waals surface area (Å²) in [7, 11) is 3.30. The molecule has 0 heterocycles. The molecule has 0 spiro atoms. The summed E-state index contributed by atoms with van der Waals surface area (Å²) in [5, 5.41) is 5.20. The Bertz CT molecular complexity index is 889. The first kappa shape index (κ1) is 17.0. The van der Waals surface area contributed by atoms with Crippen LogP contribution in [0.5, 0.6) is 5.75 Å². The zero-order valence-corrected chi connectivity index (χ0v) is 14.4. The van der Waals surface area contributed by atoms with Gasteiger partial charge < -0.3 is 14.8 Å². The lowest BCUT2D eigenvalue weighted by Gasteiger charge is -2.08. The quantitative estimate of drug-likeness (QED) is 0.742. The molecular weight excluding hydrogens is 314 g/mol. The number of amides is 1. The number of carbonyl (C=O) groups excluding carboxylic acids is 1. The molecule has 0 saturated heterocycles. The average Bonchev–Trinajstić information content (AvgIpc) is 2.66. The van der Waals surface area contributed by atoms with E-state index in [1.807, 2.05) is 48.5 Å². The van der Waals surface area contributed by atoms with Crippen LogP contribution in [0, 0.1) is 0 Å². The Morgan fingerprint density at radius 3 is 2.52 bits per heavy atom. The third-order valence-electron chi connectivity index (χ3n) is 4.07. The molecule has 0 aliphatic heterocycles. The molecule has 1 amide bonds. The predicted molar refractivity (Wildman–Crippen MR) is 98.8 cm³/mol. The van der Waals surface area contributed by atoms with Crippen LogP contribution >= 0.6 is 0 Å². The fourth-order valence-corrected chi connectivity index (χ4v) is 2.76. The van der Waals surface area contributed by atoms with Crippen LogP contribution in [0.25, 0.3) is 10.8 Å². The molecule has 0 radical (unpaired) electrons. The smallest absolute Gasteiger partial charge is 0.251 e. The van der Waals surface area contributed by atoms with E-state index in [2.05, 4.69) is 11.4 Å². The Balaban J connectivity index is 1.69. The summed E-state index contributed by atoms with van der Waals surface area (Å²) >= 11 is 0. The molecule has 3 aromatic carbocycles. The highest BCUT2D eigenvalue weighted by atomic mass is 16.5. The molecule has 4 nitrogen and oxygen atoms in total. The fraction of sp³-hybridized carbons (Fsp3) is 0.190. The van der Waals surface area contributed by atoms with Gasteiger partial charge in [-0.1, -0.05) is 30.3 Å². The summed E-state index contributed by atoms with van der Waals surface area (Å²) < 4.78 is 10.4. The van der Waals surface area contributed by atoms with Crippen molar-refractivity contribution < 1.29 is 14.3 Å². The first-order valence-electron chi connectivity index (χ1n) is 8.12. The summed E-state index contributed by atoms with van der Waals surface area (Å²) in [5.41, 5.74) is 2.67. The largest absolute Gasteiger partial charge is 0.497 e. The van der Waals surface area contributed by atoms with Crippen molar-refractivity contribution in [2.45, 2.75) is 13.2 Å². The van der Waals surface area contributed by atoms with Gasteiger partial charge >= 0.3 is 0 Å². The standard InChI is InChI=1S/C21H21NO3/c1-24-14-16-4-3-5-19(11-16)21(23)22-13-15-6-7-18-12-20(25-2)9-8-17(18)10-15/h3-12H,13-14H2,1-2H3,(H,22,23). The van der Waals surface area contributed by atoms with Crippen LogP contribution in [0.4, 0.5) is 0 Å². The highest BCUT2D eigenvalue weighted by molar-refractivity contribution is 5.94. The van der Waals surface area contributed by atoms with Crippen LogP contribution < -0.4 is 10.1 Å². The highest BCUT2D eigenvalue weighted by Gasteiger charge is 2.07. The highest BCUT2D eigenvalue weighted by Crippen LogP contribution is 2.21. The van der Waals surface area contributed by atoms with Crippen LogP contribution in [0.1, 0.15) is 21.5 Å². The van der Waals surface area contributed by atoms with E-state index in [0.717, 1.165) is 27.6 Å². The molecule has 128 valence electrons. The molecule has 0 aliphatic rings. The minimum Gasteiger partial charge on any atom is -0.497 e. The number of rotatable bonds is 6. The summed E-state index contributed by atoms with van der Waals surface area (Å²) in [6.07, 6.45) is 0. The van der Waals surface area contributed by atoms with Gasteiger partial charge in [0.25, 0.3) is 5.91 Å². The van der Waals surface area contributed by atoms with Crippen LogP contribution in [0.2, 0.25) is 0 Å². The molecule has 0 unspecified atom stereocenters. The van der Waals surface area contributed by atoms with Crippen molar-refractivity contribution in [3.8, 4) is 5.75 Å². The van der Waals surface area contributed by atoms with E-state index in [4.69, 9.17) is 9.47 Å². The Kier molecular flexibility index (Phi) is 5.31. The molecule has 25 heavy (non-hydrogen) atoms. The minimum absolute atomic E-state index is 0.0900. The lowest BCUT2D eigenvalue weighted by Crippen LogP contribution is -2.22. The van der Waals surface area contributed by atoms with Crippen molar-refractivity contribution in [1.29, 1.82) is 0 Å². The van der Waals surface area contributed by atoms with Gasteiger partial charge in [-0.3, -0.25) is 4.79 Å². The van der Waals surface area contributed by atoms with E-state index in [1.165, 1.54) is 0 Å². The summed E-state index contributed by atoms with van der Waals surface area (Å²) in [6, 6.07) is 19.6. The van der Waals surface area contributed by atoms with Crippen molar-refractivity contribution in [2.75, 3.05) is 14.2 Å². The van der Waals surface area contributed by atoms with Gasteiger partial charge in [0.1, 0.15) is 5.75 Å². The molecular formula is C21H21NO3. The average molecular weight is 335 g/mol. The summed E-state index contributed by atoms with van der Waals surface area (Å²) in [6.45, 7) is 0.977. The van der Waals surface area contributed by atoms with E-state index in [9.17, 15) is 4.79 Å². The van der Waals surface area contributed by atoms with E-state index in [0.29, 0.717) is 18.7 Å². The first-order valence-corrected chi connectivity index (χ1v) is 8.12. The Morgan fingerprint density at radius 2 is 1.72 bits per heavy atom. The van der Waals surface area contributed by atoms with Gasteiger partial charge in [0.15, 0.2) is 0 Å². The third-order valence-corrected chi connectivity index (χ3v) is 4.07. The summed E-state index contributed by atoms with van der Waals surface area (Å²) in [5.74, 6) is 0.747. The van der Waals surface area contributed by atoms with Gasteiger partial charge in [0.05, 0.1) is 13.7 Å². The lowest BCUT2D eigenvalue weighted by atomic mass is 10.1. The van der Waals surface area contributed by atoms with Crippen LogP contribution in [-0.4, -0.2) is 20.1 Å². The minimum atomic E-state index is -0.0900. The number of carbonyl (C=O) groups is 1. The first-order chi connectivity index (χ1) is 12.2. The van der Waals surface area contributed by atoms with Gasteiger partial charge in [-0.25, -0.2) is 0 Å². The third kappa shape index (κ3) is 4.17. The number of hydrogen-bond donors (Lipinski definition) is 1. The molecule has 0 bridgehead atoms. The molecule has 0 atom stereocenters. The zero-order valence-electron chi connectivity index (χ0n) is 14.4. The fourth-order valence-electron chi connectivity index (χ4n) is 2.76. The molecule has 1 N–H and O–H groups in total. The Labute approximate surface area is 147 Å². The normalized spacial score (nSPS) is 10.6. The number of nitrogens with one attached hydrogen (secondary N) is 1. The molecule has 3 aromatic rings. The zero-order chi connectivity index (χ0) is 17.6. The second-order valence-electron chi connectivity index (χ2n) is 5.86. The molecule has 4 heteroatoms.